The lowest BCUT2D eigenvalue weighted by molar-refractivity contribution is -0.218. The summed E-state index contributed by atoms with van der Waals surface area (Å²) < 4.78 is 6.38. The number of benzene rings is 1. The van der Waals surface area contributed by atoms with Gasteiger partial charge in [0.05, 0.1) is 6.61 Å². The first-order valence-electron chi connectivity index (χ1n) is 8.09. The van der Waals surface area contributed by atoms with Crippen molar-refractivity contribution in [3.63, 3.8) is 0 Å². The molecule has 1 saturated carbocycles. The monoisotopic (exact) mass is 315 g/mol. The predicted molar refractivity (Wildman–Crippen MR) is 83.2 cm³/mol. The van der Waals surface area contributed by atoms with E-state index < -0.39 is 5.72 Å². The highest BCUT2D eigenvalue weighted by molar-refractivity contribution is 6.30. The maximum absolute atomic E-state index is 12.7. The van der Waals surface area contributed by atoms with Crippen molar-refractivity contribution >= 4 is 17.5 Å². The quantitative estimate of drug-likeness (QED) is 0.744. The summed E-state index contributed by atoms with van der Waals surface area (Å²) in [5.41, 5.74) is 0.495. The van der Waals surface area contributed by atoms with Crippen molar-refractivity contribution in [2.45, 2.75) is 31.0 Å². The molecule has 5 rings (SSSR count). The number of halogens is 1. The number of nitrogens with zero attached hydrogens (tertiary/aromatic N) is 1. The van der Waals surface area contributed by atoms with E-state index in [1.165, 1.54) is 6.42 Å². The summed E-state index contributed by atoms with van der Waals surface area (Å²) >= 11 is 6.03. The van der Waals surface area contributed by atoms with Gasteiger partial charge < -0.3 is 9.64 Å². The smallest absolute Gasteiger partial charge is 0.225 e. The first kappa shape index (κ1) is 13.1. The lowest BCUT2D eigenvalue weighted by Crippen LogP contribution is -2.60. The van der Waals surface area contributed by atoms with E-state index >= 15 is 0 Å². The van der Waals surface area contributed by atoms with Crippen LogP contribution in [-0.2, 0) is 15.3 Å². The molecule has 1 aromatic carbocycles. The minimum atomic E-state index is -0.568. The minimum Gasteiger partial charge on any atom is -0.351 e. The van der Waals surface area contributed by atoms with Crippen LogP contribution in [0, 0.1) is 17.8 Å². The molecule has 0 aromatic heterocycles. The van der Waals surface area contributed by atoms with Crippen LogP contribution in [0.2, 0.25) is 5.02 Å². The van der Waals surface area contributed by atoms with E-state index in [2.05, 4.69) is 17.1 Å². The normalized spacial score (nSPS) is 41.9. The first-order valence-corrected chi connectivity index (χ1v) is 8.47. The Morgan fingerprint density at radius 3 is 2.77 bits per heavy atom. The van der Waals surface area contributed by atoms with Crippen LogP contribution in [0.15, 0.2) is 36.4 Å². The summed E-state index contributed by atoms with van der Waals surface area (Å²) in [4.78, 5) is 14.8. The Labute approximate surface area is 134 Å². The molecular formula is C18H18ClNO2. The van der Waals surface area contributed by atoms with Crippen molar-refractivity contribution in [2.75, 3.05) is 6.61 Å². The summed E-state index contributed by atoms with van der Waals surface area (Å²) in [5, 5.41) is 0.715. The Bertz CT molecular complexity index is 670. The molecule has 114 valence electrons. The zero-order valence-electron chi connectivity index (χ0n) is 12.2. The molecule has 2 aliphatic heterocycles. The Balaban J connectivity index is 1.62. The second-order valence-corrected chi connectivity index (χ2v) is 7.41. The van der Waals surface area contributed by atoms with Gasteiger partial charge in [-0.1, -0.05) is 35.9 Å². The van der Waals surface area contributed by atoms with Gasteiger partial charge in [0.15, 0.2) is 5.72 Å². The molecular weight excluding hydrogens is 298 g/mol. The van der Waals surface area contributed by atoms with Gasteiger partial charge >= 0.3 is 0 Å². The number of allylic oxidation sites excluding steroid dienone is 1. The Hall–Kier alpha value is -1.32. The van der Waals surface area contributed by atoms with E-state index in [0.717, 1.165) is 18.6 Å². The van der Waals surface area contributed by atoms with E-state index in [9.17, 15) is 4.79 Å². The fraction of sp³-hybridized carbons (Fsp3) is 0.500. The molecule has 5 atom stereocenters. The zero-order chi connectivity index (χ0) is 14.9. The molecule has 2 aliphatic carbocycles. The van der Waals surface area contributed by atoms with Crippen LogP contribution in [0.5, 0.6) is 0 Å². The van der Waals surface area contributed by atoms with E-state index in [1.54, 1.807) is 0 Å². The summed E-state index contributed by atoms with van der Waals surface area (Å²) in [6.07, 6.45) is 7.14. The van der Waals surface area contributed by atoms with Crippen LogP contribution >= 0.6 is 11.6 Å². The third-order valence-electron chi connectivity index (χ3n) is 6.02. The number of carbonyl (C=O) groups is 1. The molecule has 2 bridgehead atoms. The molecule has 0 spiro atoms. The van der Waals surface area contributed by atoms with Gasteiger partial charge in [0.1, 0.15) is 0 Å². The fourth-order valence-corrected chi connectivity index (χ4v) is 5.21. The maximum Gasteiger partial charge on any atom is 0.225 e. The van der Waals surface area contributed by atoms with Gasteiger partial charge in [-0.2, -0.15) is 0 Å². The highest BCUT2D eigenvalue weighted by Gasteiger charge is 2.61. The van der Waals surface area contributed by atoms with Crippen molar-refractivity contribution in [3.8, 4) is 0 Å². The molecule has 0 N–H and O–H groups in total. The standard InChI is InChI=1S/C18H18ClNO2/c19-14-5-3-13(4-6-14)18-8-7-16(21)20(18)17-12-2-1-11(9-12)15(17)10-22-18/h1-6,11-12,15,17H,7-10H2/t11-,12+,15+,17-,18-/m1/s1. The summed E-state index contributed by atoms with van der Waals surface area (Å²) in [6, 6.07) is 8.12. The molecule has 2 heterocycles. The highest BCUT2D eigenvalue weighted by Crippen LogP contribution is 2.56. The van der Waals surface area contributed by atoms with Gasteiger partial charge in [-0.15, -0.1) is 0 Å². The van der Waals surface area contributed by atoms with Gasteiger partial charge in [0, 0.05) is 35.4 Å². The average Bonchev–Trinajstić information content (AvgIpc) is 3.22. The van der Waals surface area contributed by atoms with Gasteiger partial charge in [-0.05, 0) is 30.4 Å². The fourth-order valence-electron chi connectivity index (χ4n) is 5.08. The Kier molecular flexibility index (Phi) is 2.61. The number of fused-ring (bicyclic) bond motifs is 7. The van der Waals surface area contributed by atoms with Crippen molar-refractivity contribution < 1.29 is 9.53 Å². The van der Waals surface area contributed by atoms with Crippen molar-refractivity contribution in [1.29, 1.82) is 0 Å². The second kappa shape index (κ2) is 4.36. The topological polar surface area (TPSA) is 29.5 Å². The molecule has 3 fully saturated rings. The zero-order valence-corrected chi connectivity index (χ0v) is 13.0. The molecule has 22 heavy (non-hydrogen) atoms. The lowest BCUT2D eigenvalue weighted by atomic mass is 9.84. The van der Waals surface area contributed by atoms with E-state index in [0.29, 0.717) is 35.2 Å². The van der Waals surface area contributed by atoms with E-state index in [-0.39, 0.29) is 5.91 Å². The Morgan fingerprint density at radius 1 is 1.18 bits per heavy atom. The van der Waals surface area contributed by atoms with Crippen molar-refractivity contribution in [3.05, 3.63) is 47.0 Å². The predicted octanol–water partition coefficient (Wildman–Crippen LogP) is 3.34. The van der Waals surface area contributed by atoms with Crippen molar-refractivity contribution in [1.82, 2.24) is 4.90 Å². The third-order valence-corrected chi connectivity index (χ3v) is 6.27. The van der Waals surface area contributed by atoms with Crippen LogP contribution in [-0.4, -0.2) is 23.5 Å². The maximum atomic E-state index is 12.7. The minimum absolute atomic E-state index is 0.241. The largest absolute Gasteiger partial charge is 0.351 e. The highest BCUT2D eigenvalue weighted by atomic mass is 35.5. The average molecular weight is 316 g/mol. The SMILES string of the molecule is O=C1CC[C@]2(c3ccc(Cl)cc3)OC[C@@H]3[C@@H]([C@H]4C=C[C@@H]3C4)N12. The van der Waals surface area contributed by atoms with Crippen LogP contribution in [0.3, 0.4) is 0 Å². The first-order chi connectivity index (χ1) is 10.7. The van der Waals surface area contributed by atoms with Crippen LogP contribution in [0.1, 0.15) is 24.8 Å². The number of carbonyl (C=O) groups excluding carboxylic acids is 1. The second-order valence-electron chi connectivity index (χ2n) is 6.97. The molecule has 2 saturated heterocycles. The number of hydrogen-bond donors (Lipinski definition) is 0. The molecule has 3 nitrogen and oxygen atoms in total. The molecule has 4 heteroatoms. The van der Waals surface area contributed by atoms with Gasteiger partial charge in [0.25, 0.3) is 0 Å². The molecule has 1 aromatic rings. The molecule has 0 radical (unpaired) electrons. The third kappa shape index (κ3) is 1.53. The van der Waals surface area contributed by atoms with E-state index in [4.69, 9.17) is 16.3 Å². The molecule has 1 amide bonds. The summed E-state index contributed by atoms with van der Waals surface area (Å²) in [6.45, 7) is 0.753. The number of amides is 1. The number of hydrogen-bond acceptors (Lipinski definition) is 2. The molecule has 4 aliphatic rings. The molecule has 0 unspecified atom stereocenters. The van der Waals surface area contributed by atoms with Crippen LogP contribution < -0.4 is 0 Å². The summed E-state index contributed by atoms with van der Waals surface area (Å²) in [5.74, 6) is 1.81. The lowest BCUT2D eigenvalue weighted by Gasteiger charge is -2.51. The number of rotatable bonds is 1. The van der Waals surface area contributed by atoms with Crippen molar-refractivity contribution in [2.24, 2.45) is 17.8 Å². The van der Waals surface area contributed by atoms with E-state index in [1.807, 2.05) is 24.3 Å². The van der Waals surface area contributed by atoms with Gasteiger partial charge in [-0.3, -0.25) is 4.79 Å². The van der Waals surface area contributed by atoms with Crippen LogP contribution in [0.4, 0.5) is 0 Å². The van der Waals surface area contributed by atoms with Crippen LogP contribution in [0.25, 0.3) is 0 Å². The number of ether oxygens (including phenoxy) is 1. The summed E-state index contributed by atoms with van der Waals surface area (Å²) in [7, 11) is 0. The van der Waals surface area contributed by atoms with Gasteiger partial charge in [0.2, 0.25) is 5.91 Å². The Morgan fingerprint density at radius 2 is 1.95 bits per heavy atom. The van der Waals surface area contributed by atoms with Gasteiger partial charge in [-0.25, -0.2) is 0 Å².